The molecule has 1 aliphatic rings. The summed E-state index contributed by atoms with van der Waals surface area (Å²) in [5.41, 5.74) is 0.703. The Morgan fingerprint density at radius 1 is 1.19 bits per heavy atom. The number of hydrogen-bond donors (Lipinski definition) is 1. The third-order valence-corrected chi connectivity index (χ3v) is 5.10. The summed E-state index contributed by atoms with van der Waals surface area (Å²) in [6, 6.07) is 5.36. The summed E-state index contributed by atoms with van der Waals surface area (Å²) >= 11 is 1.26. The fraction of sp³-hybridized carbons (Fsp3) is 0.471. The lowest BCUT2D eigenvalue weighted by Crippen LogP contribution is -3.12. The molecular weight excluding hydrogens is 356 g/mol. The Morgan fingerprint density at radius 3 is 2.46 bits per heavy atom. The molecule has 0 radical (unpaired) electrons. The largest absolute Gasteiger partial charge is 0.497 e. The first-order valence-electron chi connectivity index (χ1n) is 8.38. The van der Waals surface area contributed by atoms with E-state index in [0.29, 0.717) is 33.9 Å². The molecule has 1 amide bonds. The van der Waals surface area contributed by atoms with Crippen molar-refractivity contribution >= 4 is 17.7 Å². The number of thioether (sulfide) groups is 1. The molecule has 2 aromatic rings. The number of quaternary nitrogens is 1. The van der Waals surface area contributed by atoms with Gasteiger partial charge in [-0.1, -0.05) is 11.8 Å². The van der Waals surface area contributed by atoms with Gasteiger partial charge in [-0.15, -0.1) is 10.2 Å². The molecule has 26 heavy (non-hydrogen) atoms. The Labute approximate surface area is 156 Å². The molecule has 3 rings (SSSR count). The van der Waals surface area contributed by atoms with Crippen molar-refractivity contribution in [1.29, 1.82) is 0 Å². The van der Waals surface area contributed by atoms with E-state index < -0.39 is 0 Å². The lowest BCUT2D eigenvalue weighted by atomic mass is 10.2. The zero-order valence-corrected chi connectivity index (χ0v) is 16.0. The fourth-order valence-corrected chi connectivity index (χ4v) is 3.33. The second-order valence-corrected chi connectivity index (χ2v) is 7.03. The summed E-state index contributed by atoms with van der Waals surface area (Å²) in [4.78, 5) is 15.6. The van der Waals surface area contributed by atoms with Gasteiger partial charge in [-0.2, -0.15) is 0 Å². The number of hydrogen-bond acceptors (Lipinski definition) is 7. The van der Waals surface area contributed by atoms with E-state index in [1.54, 1.807) is 32.4 Å². The summed E-state index contributed by atoms with van der Waals surface area (Å²) in [5.74, 6) is 2.03. The van der Waals surface area contributed by atoms with E-state index in [9.17, 15) is 4.79 Å². The summed E-state index contributed by atoms with van der Waals surface area (Å²) in [5, 5.41) is 8.45. The number of methoxy groups -OCH3 is 2. The van der Waals surface area contributed by atoms with Crippen LogP contribution in [-0.2, 0) is 4.79 Å². The van der Waals surface area contributed by atoms with E-state index in [2.05, 4.69) is 17.2 Å². The van der Waals surface area contributed by atoms with Crippen LogP contribution < -0.4 is 14.4 Å². The molecule has 1 aromatic heterocycles. The van der Waals surface area contributed by atoms with Gasteiger partial charge in [-0.05, 0) is 12.1 Å². The summed E-state index contributed by atoms with van der Waals surface area (Å²) < 4.78 is 16.2. The van der Waals surface area contributed by atoms with Gasteiger partial charge >= 0.3 is 0 Å². The fourth-order valence-electron chi connectivity index (χ4n) is 2.67. The van der Waals surface area contributed by atoms with Crippen molar-refractivity contribution in [2.45, 2.75) is 5.22 Å². The van der Waals surface area contributed by atoms with Gasteiger partial charge in [-0.3, -0.25) is 4.79 Å². The standard InChI is InChI=1S/C17H22N4O4S/c1-20-4-6-21(7-5-20)15(22)11-26-17-19-18-16(25-17)12-8-13(23-2)10-14(9-12)24-3/h8-10H,4-7,11H2,1-3H3/p+1. The molecule has 140 valence electrons. The topological polar surface area (TPSA) is 82.1 Å². The maximum atomic E-state index is 12.3. The zero-order chi connectivity index (χ0) is 18.5. The Kier molecular flexibility index (Phi) is 6.00. The zero-order valence-electron chi connectivity index (χ0n) is 15.2. The molecule has 8 nitrogen and oxygen atoms in total. The van der Waals surface area contributed by atoms with Crippen molar-refractivity contribution in [2.24, 2.45) is 0 Å². The van der Waals surface area contributed by atoms with Gasteiger partial charge < -0.3 is 23.7 Å². The number of nitrogens with zero attached hydrogens (tertiary/aromatic N) is 3. The van der Waals surface area contributed by atoms with Crippen LogP contribution in [0.25, 0.3) is 11.5 Å². The molecule has 1 aromatic carbocycles. The highest BCUT2D eigenvalue weighted by molar-refractivity contribution is 7.99. The lowest BCUT2D eigenvalue weighted by Gasteiger charge is -2.29. The van der Waals surface area contributed by atoms with Gasteiger partial charge in [0, 0.05) is 11.6 Å². The number of carbonyl (C=O) groups is 1. The number of ether oxygens (including phenoxy) is 2. The molecule has 2 heterocycles. The monoisotopic (exact) mass is 379 g/mol. The van der Waals surface area contributed by atoms with Gasteiger partial charge in [0.05, 0.1) is 53.2 Å². The van der Waals surface area contributed by atoms with E-state index in [1.807, 2.05) is 4.90 Å². The molecular formula is C17H23N4O4S+. The molecule has 0 atom stereocenters. The minimum Gasteiger partial charge on any atom is -0.497 e. The van der Waals surface area contributed by atoms with E-state index >= 15 is 0 Å². The van der Waals surface area contributed by atoms with Crippen molar-refractivity contribution in [3.05, 3.63) is 18.2 Å². The quantitative estimate of drug-likeness (QED) is 0.718. The minimum atomic E-state index is 0.102. The van der Waals surface area contributed by atoms with Crippen LogP contribution in [0, 0.1) is 0 Å². The van der Waals surface area contributed by atoms with Crippen LogP contribution in [-0.4, -0.2) is 74.2 Å². The number of benzene rings is 1. The van der Waals surface area contributed by atoms with Crippen LogP contribution in [0.4, 0.5) is 0 Å². The average Bonchev–Trinajstić information content (AvgIpc) is 3.15. The normalized spacial score (nSPS) is 15.1. The minimum absolute atomic E-state index is 0.102. The lowest BCUT2D eigenvalue weighted by molar-refractivity contribution is -0.883. The van der Waals surface area contributed by atoms with Gasteiger partial charge in [0.2, 0.25) is 11.8 Å². The first-order chi connectivity index (χ1) is 12.6. The third kappa shape index (κ3) is 4.47. The highest BCUT2D eigenvalue weighted by Crippen LogP contribution is 2.30. The summed E-state index contributed by atoms with van der Waals surface area (Å²) in [7, 11) is 5.31. The molecule has 1 saturated heterocycles. The SMILES string of the molecule is COc1cc(OC)cc(-c2nnc(SCC(=O)N3CC[NH+](C)CC3)o2)c1. The molecule has 9 heteroatoms. The predicted molar refractivity (Wildman–Crippen MR) is 96.8 cm³/mol. The third-order valence-electron chi connectivity index (χ3n) is 4.29. The van der Waals surface area contributed by atoms with Crippen LogP contribution in [0.15, 0.2) is 27.8 Å². The molecule has 1 fully saturated rings. The van der Waals surface area contributed by atoms with E-state index in [1.165, 1.54) is 16.7 Å². The molecule has 1 N–H and O–H groups in total. The predicted octanol–water partition coefficient (Wildman–Crippen LogP) is 0.203. The van der Waals surface area contributed by atoms with Crippen LogP contribution in [0.5, 0.6) is 11.5 Å². The maximum absolute atomic E-state index is 12.3. The van der Waals surface area contributed by atoms with Gasteiger partial charge in [0.1, 0.15) is 11.5 Å². The van der Waals surface area contributed by atoms with E-state index in [4.69, 9.17) is 13.9 Å². The Bertz CT molecular complexity index is 737. The van der Waals surface area contributed by atoms with Gasteiger partial charge in [0.15, 0.2) is 0 Å². The number of carbonyl (C=O) groups excluding carboxylic acids is 1. The highest BCUT2D eigenvalue weighted by atomic mass is 32.2. The molecule has 0 spiro atoms. The molecule has 0 saturated carbocycles. The average molecular weight is 379 g/mol. The Morgan fingerprint density at radius 2 is 1.85 bits per heavy atom. The van der Waals surface area contributed by atoms with E-state index in [-0.39, 0.29) is 5.91 Å². The maximum Gasteiger partial charge on any atom is 0.277 e. The van der Waals surface area contributed by atoms with Crippen LogP contribution in [0.1, 0.15) is 0 Å². The second-order valence-electron chi connectivity index (χ2n) is 6.10. The van der Waals surface area contributed by atoms with Crippen molar-refractivity contribution in [3.63, 3.8) is 0 Å². The van der Waals surface area contributed by atoms with Crippen LogP contribution in [0.3, 0.4) is 0 Å². The van der Waals surface area contributed by atoms with Crippen LogP contribution in [0.2, 0.25) is 0 Å². The summed E-state index contributed by atoms with van der Waals surface area (Å²) in [6.07, 6.45) is 0. The number of rotatable bonds is 6. The molecule has 1 aliphatic heterocycles. The number of piperazine rings is 1. The molecule has 0 unspecified atom stereocenters. The molecule has 0 aliphatic carbocycles. The number of amides is 1. The highest BCUT2D eigenvalue weighted by Gasteiger charge is 2.22. The van der Waals surface area contributed by atoms with Crippen molar-refractivity contribution < 1.29 is 23.6 Å². The number of aromatic nitrogens is 2. The molecule has 0 bridgehead atoms. The van der Waals surface area contributed by atoms with Crippen molar-refractivity contribution in [1.82, 2.24) is 15.1 Å². The van der Waals surface area contributed by atoms with Crippen molar-refractivity contribution in [2.75, 3.05) is 53.2 Å². The number of nitrogens with one attached hydrogen (secondary N) is 1. The van der Waals surface area contributed by atoms with E-state index in [0.717, 1.165) is 26.2 Å². The first kappa shape index (κ1) is 18.5. The summed E-state index contributed by atoms with van der Waals surface area (Å²) in [6.45, 7) is 3.56. The van der Waals surface area contributed by atoms with Gasteiger partial charge in [-0.25, -0.2) is 0 Å². The van der Waals surface area contributed by atoms with Crippen molar-refractivity contribution in [3.8, 4) is 23.0 Å². The van der Waals surface area contributed by atoms with Crippen LogP contribution >= 0.6 is 11.8 Å². The number of likely N-dealkylation sites (N-methyl/N-ethyl adjacent to an activating group) is 1. The smallest absolute Gasteiger partial charge is 0.277 e. The van der Waals surface area contributed by atoms with Gasteiger partial charge in [0.25, 0.3) is 5.22 Å². The first-order valence-corrected chi connectivity index (χ1v) is 9.36. The Hall–Kier alpha value is -2.26. The second kappa shape index (κ2) is 8.41. The Balaban J connectivity index is 1.62.